The summed E-state index contributed by atoms with van der Waals surface area (Å²) in [4.78, 5) is 31.4. The molecular weight excluding hydrogens is 478 g/mol. The fraction of sp³-hybridized carbons (Fsp3) is 0.100. The van der Waals surface area contributed by atoms with Crippen LogP contribution in [0.3, 0.4) is 0 Å². The standard InChI is InChI=1S/C30H27N5O3/c1-18-15-21(31)17-24(19-9-5-4-6-10-19)26(18)33-30(37)34-27-25(20-11-7-12-22(16-20)38-3)23-13-8-14-32-28(23)35(2)29(27)36/h4-17H,31H2,1-3H3,(H2,33,34,37). The van der Waals surface area contributed by atoms with Crippen molar-refractivity contribution in [3.05, 3.63) is 101 Å². The number of anilines is 3. The van der Waals surface area contributed by atoms with E-state index in [9.17, 15) is 9.59 Å². The smallest absolute Gasteiger partial charge is 0.323 e. The summed E-state index contributed by atoms with van der Waals surface area (Å²) in [6.45, 7) is 1.88. The van der Waals surface area contributed by atoms with Crippen molar-refractivity contribution >= 4 is 34.1 Å². The first-order valence-electron chi connectivity index (χ1n) is 12.0. The molecule has 0 saturated carbocycles. The van der Waals surface area contributed by atoms with Crippen LogP contribution in [-0.2, 0) is 7.05 Å². The molecule has 0 spiro atoms. The molecule has 0 aliphatic carbocycles. The van der Waals surface area contributed by atoms with Crippen LogP contribution in [0.15, 0.2) is 89.9 Å². The summed E-state index contributed by atoms with van der Waals surface area (Å²) in [6.07, 6.45) is 1.63. The number of benzene rings is 3. The van der Waals surface area contributed by atoms with Gasteiger partial charge in [0.05, 0.1) is 12.8 Å². The number of rotatable bonds is 5. The number of nitrogens with one attached hydrogen (secondary N) is 2. The third-order valence-electron chi connectivity index (χ3n) is 6.42. The minimum atomic E-state index is -0.556. The molecule has 2 aromatic heterocycles. The quantitative estimate of drug-likeness (QED) is 0.261. The lowest BCUT2D eigenvalue weighted by Gasteiger charge is -2.19. The lowest BCUT2D eigenvalue weighted by Crippen LogP contribution is -2.29. The molecule has 8 heteroatoms. The number of nitrogens with zero attached hydrogens (tertiary/aromatic N) is 2. The summed E-state index contributed by atoms with van der Waals surface area (Å²) in [5.74, 6) is 0.626. The molecule has 0 aliphatic heterocycles. The Balaban J connectivity index is 1.62. The van der Waals surface area contributed by atoms with E-state index in [0.29, 0.717) is 39.3 Å². The van der Waals surface area contributed by atoms with Gasteiger partial charge in [0.15, 0.2) is 0 Å². The number of aryl methyl sites for hydroxylation is 2. The molecule has 8 nitrogen and oxygen atoms in total. The molecule has 0 fully saturated rings. The summed E-state index contributed by atoms with van der Waals surface area (Å²) in [5, 5.41) is 6.50. The minimum Gasteiger partial charge on any atom is -0.497 e. The molecule has 2 heterocycles. The molecule has 190 valence electrons. The van der Waals surface area contributed by atoms with Gasteiger partial charge in [-0.1, -0.05) is 42.5 Å². The van der Waals surface area contributed by atoms with Crippen molar-refractivity contribution in [3.63, 3.8) is 0 Å². The van der Waals surface area contributed by atoms with E-state index < -0.39 is 6.03 Å². The van der Waals surface area contributed by atoms with Crippen LogP contribution in [0.4, 0.5) is 21.9 Å². The molecule has 0 atom stereocenters. The van der Waals surface area contributed by atoms with Crippen LogP contribution in [0.5, 0.6) is 5.75 Å². The second-order valence-corrected chi connectivity index (χ2v) is 8.93. The fourth-order valence-corrected chi connectivity index (χ4v) is 4.64. The number of fused-ring (bicyclic) bond motifs is 1. The van der Waals surface area contributed by atoms with E-state index in [0.717, 1.165) is 16.7 Å². The van der Waals surface area contributed by atoms with Gasteiger partial charge in [-0.05, 0) is 60.0 Å². The SMILES string of the molecule is COc1cccc(-c2c(NC(=O)Nc3c(C)cc(N)cc3-c3ccccc3)c(=O)n(C)c3ncccc23)c1. The zero-order valence-electron chi connectivity index (χ0n) is 21.3. The Bertz CT molecular complexity index is 1730. The Morgan fingerprint density at radius 3 is 2.42 bits per heavy atom. The first kappa shape index (κ1) is 24.6. The van der Waals surface area contributed by atoms with Gasteiger partial charge in [0.2, 0.25) is 0 Å². The number of carbonyl (C=O) groups excluding carboxylic acids is 1. The number of aromatic nitrogens is 2. The summed E-state index contributed by atoms with van der Waals surface area (Å²) in [6, 6.07) is 23.7. The van der Waals surface area contributed by atoms with Crippen LogP contribution < -0.4 is 26.7 Å². The van der Waals surface area contributed by atoms with Crippen molar-refractivity contribution in [2.75, 3.05) is 23.5 Å². The highest BCUT2D eigenvalue weighted by Gasteiger charge is 2.21. The molecule has 4 N–H and O–H groups in total. The van der Waals surface area contributed by atoms with Gasteiger partial charge in [-0.15, -0.1) is 0 Å². The third-order valence-corrected chi connectivity index (χ3v) is 6.42. The van der Waals surface area contributed by atoms with Crippen LogP contribution in [0.1, 0.15) is 5.56 Å². The van der Waals surface area contributed by atoms with Gasteiger partial charge in [0.1, 0.15) is 17.1 Å². The number of methoxy groups -OCH3 is 1. The van der Waals surface area contributed by atoms with Crippen molar-refractivity contribution in [1.29, 1.82) is 0 Å². The number of amides is 2. The average molecular weight is 506 g/mol. The van der Waals surface area contributed by atoms with Gasteiger partial charge in [0.25, 0.3) is 5.56 Å². The average Bonchev–Trinajstić information content (AvgIpc) is 2.93. The molecule has 0 radical (unpaired) electrons. The highest BCUT2D eigenvalue weighted by Crippen LogP contribution is 2.36. The van der Waals surface area contributed by atoms with E-state index >= 15 is 0 Å². The maximum atomic E-state index is 13.6. The Morgan fingerprint density at radius 1 is 0.921 bits per heavy atom. The van der Waals surface area contributed by atoms with Gasteiger partial charge < -0.3 is 21.1 Å². The van der Waals surface area contributed by atoms with Crippen molar-refractivity contribution in [2.24, 2.45) is 7.05 Å². The number of hydrogen-bond donors (Lipinski definition) is 3. The Labute approximate surface area is 219 Å². The largest absolute Gasteiger partial charge is 0.497 e. The third kappa shape index (κ3) is 4.55. The summed E-state index contributed by atoms with van der Waals surface area (Å²) < 4.78 is 6.84. The van der Waals surface area contributed by atoms with E-state index in [1.807, 2.05) is 73.7 Å². The minimum absolute atomic E-state index is 0.133. The molecule has 2 amide bonds. The highest BCUT2D eigenvalue weighted by molar-refractivity contribution is 6.08. The predicted octanol–water partition coefficient (Wildman–Crippen LogP) is 5.81. The lowest BCUT2D eigenvalue weighted by molar-refractivity contribution is 0.262. The molecule has 0 aliphatic rings. The van der Waals surface area contributed by atoms with Crippen LogP contribution >= 0.6 is 0 Å². The second-order valence-electron chi connectivity index (χ2n) is 8.93. The van der Waals surface area contributed by atoms with Gasteiger partial charge in [0, 0.05) is 35.4 Å². The van der Waals surface area contributed by atoms with Gasteiger partial charge in [-0.3, -0.25) is 9.36 Å². The van der Waals surface area contributed by atoms with E-state index in [1.54, 1.807) is 32.5 Å². The zero-order chi connectivity index (χ0) is 26.8. The molecule has 0 unspecified atom stereocenters. The summed E-state index contributed by atoms with van der Waals surface area (Å²) >= 11 is 0. The molecular formula is C30H27N5O3. The lowest BCUT2D eigenvalue weighted by atomic mass is 9.99. The van der Waals surface area contributed by atoms with Crippen molar-refractivity contribution in [3.8, 4) is 28.0 Å². The van der Waals surface area contributed by atoms with E-state index in [4.69, 9.17) is 10.5 Å². The molecule has 5 rings (SSSR count). The number of carbonyl (C=O) groups is 1. The van der Waals surface area contributed by atoms with Crippen LogP contribution in [0.25, 0.3) is 33.3 Å². The number of urea groups is 1. The fourth-order valence-electron chi connectivity index (χ4n) is 4.64. The van der Waals surface area contributed by atoms with Gasteiger partial charge in [-0.25, -0.2) is 9.78 Å². The Morgan fingerprint density at radius 2 is 1.66 bits per heavy atom. The number of pyridine rings is 2. The molecule has 0 bridgehead atoms. The van der Waals surface area contributed by atoms with Crippen LogP contribution in [0.2, 0.25) is 0 Å². The van der Waals surface area contributed by atoms with E-state index in [1.165, 1.54) is 4.57 Å². The van der Waals surface area contributed by atoms with Crippen molar-refractivity contribution in [2.45, 2.75) is 6.92 Å². The Kier molecular flexibility index (Phi) is 6.53. The Hall–Kier alpha value is -5.11. The maximum absolute atomic E-state index is 13.6. The number of nitrogen functional groups attached to an aromatic ring is 1. The topological polar surface area (TPSA) is 111 Å². The highest BCUT2D eigenvalue weighted by atomic mass is 16.5. The monoisotopic (exact) mass is 505 g/mol. The zero-order valence-corrected chi connectivity index (χ0v) is 21.3. The maximum Gasteiger partial charge on any atom is 0.323 e. The summed E-state index contributed by atoms with van der Waals surface area (Å²) in [5.41, 5.74) is 11.3. The predicted molar refractivity (Wildman–Crippen MR) is 153 cm³/mol. The molecule has 5 aromatic rings. The number of ether oxygens (including phenoxy) is 1. The van der Waals surface area contributed by atoms with Crippen molar-refractivity contribution in [1.82, 2.24) is 9.55 Å². The first-order chi connectivity index (χ1) is 18.4. The normalized spacial score (nSPS) is 10.8. The van der Waals surface area contributed by atoms with E-state index in [-0.39, 0.29) is 11.2 Å². The van der Waals surface area contributed by atoms with Crippen molar-refractivity contribution < 1.29 is 9.53 Å². The van der Waals surface area contributed by atoms with Crippen LogP contribution in [-0.4, -0.2) is 22.7 Å². The van der Waals surface area contributed by atoms with Gasteiger partial charge in [-0.2, -0.15) is 0 Å². The number of hydrogen-bond acceptors (Lipinski definition) is 5. The van der Waals surface area contributed by atoms with E-state index in [2.05, 4.69) is 15.6 Å². The molecule has 38 heavy (non-hydrogen) atoms. The molecule has 3 aromatic carbocycles. The molecule has 0 saturated heterocycles. The van der Waals surface area contributed by atoms with Gasteiger partial charge >= 0.3 is 6.03 Å². The first-order valence-corrected chi connectivity index (χ1v) is 12.0. The summed E-state index contributed by atoms with van der Waals surface area (Å²) in [7, 11) is 3.21. The van der Waals surface area contributed by atoms with Crippen LogP contribution in [0, 0.1) is 6.92 Å². The number of nitrogens with two attached hydrogens (primary N) is 1. The second kappa shape index (κ2) is 10.1.